The van der Waals surface area contributed by atoms with Gasteiger partial charge in [-0.2, -0.15) is 0 Å². The van der Waals surface area contributed by atoms with Crippen molar-refractivity contribution in [3.8, 4) is 0 Å². The number of hydroxylamine groups is 2. The lowest BCUT2D eigenvalue weighted by molar-refractivity contribution is -0.213. The first kappa shape index (κ1) is 26.5. The van der Waals surface area contributed by atoms with Gasteiger partial charge in [0.25, 0.3) is 17.7 Å². The zero-order valence-corrected chi connectivity index (χ0v) is 19.5. The van der Waals surface area contributed by atoms with E-state index >= 15 is 0 Å². The van der Waals surface area contributed by atoms with E-state index in [9.17, 15) is 24.0 Å². The highest BCUT2D eigenvalue weighted by atomic mass is 16.7. The predicted molar refractivity (Wildman–Crippen MR) is 116 cm³/mol. The number of unbranched alkanes of at least 4 members (excludes halogenated alkanes) is 2. The fourth-order valence-corrected chi connectivity index (χ4v) is 3.90. The van der Waals surface area contributed by atoms with E-state index in [1.807, 2.05) is 0 Å². The molecule has 0 radical (unpaired) electrons. The van der Waals surface area contributed by atoms with Crippen molar-refractivity contribution < 1.29 is 38.3 Å². The van der Waals surface area contributed by atoms with Crippen molar-refractivity contribution in [1.29, 1.82) is 0 Å². The van der Waals surface area contributed by atoms with Crippen molar-refractivity contribution >= 4 is 29.7 Å². The van der Waals surface area contributed by atoms with Gasteiger partial charge in [0, 0.05) is 38.6 Å². The minimum atomic E-state index is -0.504. The molecule has 1 fully saturated rings. The molecule has 1 aliphatic heterocycles. The van der Waals surface area contributed by atoms with Gasteiger partial charge in [-0.05, 0) is 50.9 Å². The zero-order valence-electron chi connectivity index (χ0n) is 19.5. The van der Waals surface area contributed by atoms with Crippen LogP contribution in [0, 0.1) is 11.8 Å². The molecule has 0 atom stereocenters. The third-order valence-electron chi connectivity index (χ3n) is 5.83. The average molecular weight is 467 g/mol. The minimum Gasteiger partial charge on any atom is -0.465 e. The van der Waals surface area contributed by atoms with Crippen molar-refractivity contribution in [3.05, 3.63) is 12.2 Å². The maximum atomic E-state index is 12.3. The molecule has 1 heterocycles. The van der Waals surface area contributed by atoms with Crippen LogP contribution in [0.4, 0.5) is 0 Å². The summed E-state index contributed by atoms with van der Waals surface area (Å²) >= 11 is 0. The third-order valence-corrected chi connectivity index (χ3v) is 5.83. The number of carbonyl (C=O) groups excluding carboxylic acids is 5. The molecule has 0 aromatic rings. The molecule has 0 bridgehead atoms. The smallest absolute Gasteiger partial charge is 0.332 e. The number of esters is 1. The van der Waals surface area contributed by atoms with Gasteiger partial charge in [0.05, 0.1) is 12.5 Å². The summed E-state index contributed by atoms with van der Waals surface area (Å²) in [6.07, 6.45) is 7.76. The molecule has 184 valence electrons. The number of rotatable bonds is 12. The maximum Gasteiger partial charge on any atom is 0.332 e. The molecule has 3 amide bonds. The number of nitrogens with zero attached hydrogens (tertiary/aromatic N) is 2. The molecule has 2 aliphatic rings. The Hall–Kier alpha value is -2.75. The quantitative estimate of drug-likeness (QED) is 0.141. The van der Waals surface area contributed by atoms with Gasteiger partial charge in [0.1, 0.15) is 0 Å². The Morgan fingerprint density at radius 1 is 1.03 bits per heavy atom. The van der Waals surface area contributed by atoms with Gasteiger partial charge in [-0.3, -0.25) is 24.1 Å². The van der Waals surface area contributed by atoms with E-state index in [4.69, 9.17) is 14.3 Å². The number of hydrogen-bond donors (Lipinski definition) is 0. The standard InChI is InChI=1S/C23H34N2O8/c1-3-19(26)25(16-31-2)33-22(29)7-5-4-6-14-32-23(30)18-10-8-17(9-11-18)15-24-20(27)12-13-21(24)28/h12-13,17-18H,3-11,14-16H2,1-2H3. The molecule has 0 aromatic carbocycles. The van der Waals surface area contributed by atoms with Crippen molar-refractivity contribution in [2.75, 3.05) is 27.0 Å². The molecular weight excluding hydrogens is 432 g/mol. The molecular formula is C23H34N2O8. The summed E-state index contributed by atoms with van der Waals surface area (Å²) in [5, 5.41) is 0.913. The van der Waals surface area contributed by atoms with Crippen molar-refractivity contribution in [2.24, 2.45) is 11.8 Å². The number of amides is 3. The summed E-state index contributed by atoms with van der Waals surface area (Å²) in [6.45, 7) is 2.26. The average Bonchev–Trinajstić information content (AvgIpc) is 3.12. The summed E-state index contributed by atoms with van der Waals surface area (Å²) in [4.78, 5) is 65.4. The molecule has 0 N–H and O–H groups in total. The Morgan fingerprint density at radius 3 is 2.30 bits per heavy atom. The highest BCUT2D eigenvalue weighted by Gasteiger charge is 2.31. The van der Waals surface area contributed by atoms with Gasteiger partial charge in [0.15, 0.2) is 6.73 Å². The first-order chi connectivity index (χ1) is 15.8. The summed E-state index contributed by atoms with van der Waals surface area (Å²) in [5.74, 6) is -1.52. The molecule has 1 aliphatic carbocycles. The number of methoxy groups -OCH3 is 1. The topological polar surface area (TPSA) is 120 Å². The fourth-order valence-electron chi connectivity index (χ4n) is 3.90. The molecule has 10 heteroatoms. The Balaban J connectivity index is 1.54. The van der Waals surface area contributed by atoms with Crippen LogP contribution in [0.1, 0.15) is 64.7 Å². The number of ether oxygens (including phenoxy) is 2. The number of imide groups is 1. The number of hydrogen-bond acceptors (Lipinski definition) is 8. The molecule has 2 rings (SSSR count). The first-order valence-corrected chi connectivity index (χ1v) is 11.6. The normalized spacial score (nSPS) is 20.1. The van der Waals surface area contributed by atoms with Gasteiger partial charge in [-0.1, -0.05) is 6.92 Å². The summed E-state index contributed by atoms with van der Waals surface area (Å²) in [7, 11) is 1.41. The second-order valence-corrected chi connectivity index (χ2v) is 8.32. The Morgan fingerprint density at radius 2 is 1.70 bits per heavy atom. The van der Waals surface area contributed by atoms with Gasteiger partial charge in [0.2, 0.25) is 0 Å². The predicted octanol–water partition coefficient (Wildman–Crippen LogP) is 2.12. The summed E-state index contributed by atoms with van der Waals surface area (Å²) in [6, 6.07) is 0. The van der Waals surface area contributed by atoms with Crippen LogP contribution >= 0.6 is 0 Å². The second-order valence-electron chi connectivity index (χ2n) is 8.32. The van der Waals surface area contributed by atoms with Crippen LogP contribution in [-0.2, 0) is 38.3 Å². The van der Waals surface area contributed by atoms with Crippen LogP contribution in [0.3, 0.4) is 0 Å². The minimum absolute atomic E-state index is 0.109. The van der Waals surface area contributed by atoms with Crippen LogP contribution in [0.5, 0.6) is 0 Å². The molecule has 0 unspecified atom stereocenters. The van der Waals surface area contributed by atoms with E-state index in [-0.39, 0.29) is 55.1 Å². The number of carbonyl (C=O) groups is 5. The van der Waals surface area contributed by atoms with Crippen molar-refractivity contribution in [3.63, 3.8) is 0 Å². The lowest BCUT2D eigenvalue weighted by Gasteiger charge is -2.29. The van der Waals surface area contributed by atoms with Crippen LogP contribution in [0.25, 0.3) is 0 Å². The van der Waals surface area contributed by atoms with Gasteiger partial charge >= 0.3 is 11.9 Å². The SMILES string of the molecule is CCC(=O)N(COC)OC(=O)CCCCCOC(=O)C1CCC(CN2C(=O)C=CC2=O)CC1. The highest BCUT2D eigenvalue weighted by molar-refractivity contribution is 6.12. The Labute approximate surface area is 194 Å². The van der Waals surface area contributed by atoms with Crippen LogP contribution in [-0.4, -0.2) is 66.6 Å². The molecule has 1 saturated carbocycles. The molecule has 0 saturated heterocycles. The van der Waals surface area contributed by atoms with E-state index in [2.05, 4.69) is 0 Å². The second kappa shape index (κ2) is 13.7. The molecule has 10 nitrogen and oxygen atoms in total. The van der Waals surface area contributed by atoms with E-state index < -0.39 is 5.97 Å². The lowest BCUT2D eigenvalue weighted by atomic mass is 9.82. The van der Waals surface area contributed by atoms with Crippen LogP contribution in [0.2, 0.25) is 0 Å². The van der Waals surface area contributed by atoms with Crippen LogP contribution in [0.15, 0.2) is 12.2 Å². The van der Waals surface area contributed by atoms with E-state index in [0.717, 1.165) is 17.9 Å². The largest absolute Gasteiger partial charge is 0.465 e. The monoisotopic (exact) mass is 466 g/mol. The van der Waals surface area contributed by atoms with E-state index in [0.29, 0.717) is 45.3 Å². The maximum absolute atomic E-state index is 12.3. The third kappa shape index (κ3) is 8.60. The highest BCUT2D eigenvalue weighted by Crippen LogP contribution is 2.30. The molecule has 0 aromatic heterocycles. The van der Waals surface area contributed by atoms with Crippen molar-refractivity contribution in [1.82, 2.24) is 9.96 Å². The van der Waals surface area contributed by atoms with Crippen molar-refractivity contribution in [2.45, 2.75) is 64.7 Å². The molecule has 33 heavy (non-hydrogen) atoms. The Kier molecular flexibility index (Phi) is 11.0. The lowest BCUT2D eigenvalue weighted by Crippen LogP contribution is -2.36. The first-order valence-electron chi connectivity index (χ1n) is 11.6. The van der Waals surface area contributed by atoms with Gasteiger partial charge < -0.3 is 14.3 Å². The van der Waals surface area contributed by atoms with Gasteiger partial charge in [-0.15, -0.1) is 5.06 Å². The van der Waals surface area contributed by atoms with E-state index in [1.54, 1.807) is 6.92 Å². The van der Waals surface area contributed by atoms with Crippen LogP contribution < -0.4 is 0 Å². The van der Waals surface area contributed by atoms with Gasteiger partial charge in [-0.25, -0.2) is 4.79 Å². The molecule has 0 spiro atoms. The fraction of sp³-hybridized carbons (Fsp3) is 0.696. The summed E-state index contributed by atoms with van der Waals surface area (Å²) in [5.41, 5.74) is 0. The summed E-state index contributed by atoms with van der Waals surface area (Å²) < 4.78 is 10.2. The van der Waals surface area contributed by atoms with E-state index in [1.165, 1.54) is 24.2 Å². The Bertz CT molecular complexity index is 725. The zero-order chi connectivity index (χ0) is 24.2.